The van der Waals surface area contributed by atoms with Crippen LogP contribution in [0.5, 0.6) is 5.75 Å². The summed E-state index contributed by atoms with van der Waals surface area (Å²) in [5, 5.41) is 24.5. The van der Waals surface area contributed by atoms with Gasteiger partial charge in [-0.05, 0) is 37.1 Å². The maximum atomic E-state index is 12.7. The van der Waals surface area contributed by atoms with E-state index in [-0.39, 0.29) is 23.3 Å². The second-order valence-corrected chi connectivity index (χ2v) is 9.27. The van der Waals surface area contributed by atoms with Crippen molar-refractivity contribution in [1.29, 1.82) is 5.26 Å². The molecule has 2 saturated heterocycles. The van der Waals surface area contributed by atoms with Crippen LogP contribution >= 0.6 is 0 Å². The quantitative estimate of drug-likeness (QED) is 0.434. The van der Waals surface area contributed by atoms with E-state index in [2.05, 4.69) is 21.1 Å². The summed E-state index contributed by atoms with van der Waals surface area (Å²) in [5.41, 5.74) is 3.71. The fourth-order valence-corrected chi connectivity index (χ4v) is 4.96. The van der Waals surface area contributed by atoms with Gasteiger partial charge in [-0.2, -0.15) is 5.26 Å². The molecule has 0 saturated carbocycles. The Labute approximate surface area is 209 Å². The lowest BCUT2D eigenvalue weighted by molar-refractivity contribution is -0.0304. The lowest BCUT2D eigenvalue weighted by Gasteiger charge is -2.34. The molecule has 186 valence electrons. The second-order valence-electron chi connectivity index (χ2n) is 9.27. The predicted molar refractivity (Wildman–Crippen MR) is 136 cm³/mol. The molecule has 0 aliphatic carbocycles. The molecular formula is C27H29N5O4. The average molecular weight is 488 g/mol. The normalized spacial score (nSPS) is 17.8. The van der Waals surface area contributed by atoms with E-state index in [0.717, 1.165) is 37.1 Å². The first-order valence-corrected chi connectivity index (χ1v) is 12.3. The van der Waals surface area contributed by atoms with Gasteiger partial charge >= 0.3 is 0 Å². The first-order chi connectivity index (χ1) is 17.5. The Morgan fingerprint density at radius 3 is 2.64 bits per heavy atom. The summed E-state index contributed by atoms with van der Waals surface area (Å²) in [6.07, 6.45) is 3.12. The van der Waals surface area contributed by atoms with Gasteiger partial charge in [0, 0.05) is 50.5 Å². The number of anilines is 1. The van der Waals surface area contributed by atoms with E-state index < -0.39 is 0 Å². The third kappa shape index (κ3) is 4.77. The summed E-state index contributed by atoms with van der Waals surface area (Å²) < 4.78 is 6.97. The number of nitriles is 1. The lowest BCUT2D eigenvalue weighted by Crippen LogP contribution is -2.38. The molecule has 0 amide bonds. The Morgan fingerprint density at radius 2 is 1.92 bits per heavy atom. The largest absolute Gasteiger partial charge is 0.507 e. The molecule has 1 N–H and O–H groups in total. The number of aromatic nitrogens is 2. The predicted octanol–water partition coefficient (Wildman–Crippen LogP) is 3.33. The van der Waals surface area contributed by atoms with E-state index in [9.17, 15) is 15.2 Å². The monoisotopic (exact) mass is 487 g/mol. The average Bonchev–Trinajstić information content (AvgIpc) is 2.92. The number of nitrogens with zero attached hydrogens (tertiary/aromatic N) is 5. The number of para-hydroxylation sites is 1. The Bertz CT molecular complexity index is 1380. The van der Waals surface area contributed by atoms with Crippen molar-refractivity contribution in [3.8, 4) is 11.8 Å². The molecule has 0 radical (unpaired) electrons. The van der Waals surface area contributed by atoms with Crippen molar-refractivity contribution in [2.45, 2.75) is 31.8 Å². The Kier molecular flexibility index (Phi) is 6.87. The molecule has 2 aliphatic heterocycles. The van der Waals surface area contributed by atoms with Gasteiger partial charge in [-0.25, -0.2) is 4.98 Å². The van der Waals surface area contributed by atoms with Gasteiger partial charge in [0.05, 0.1) is 30.1 Å². The summed E-state index contributed by atoms with van der Waals surface area (Å²) in [6, 6.07) is 14.3. The van der Waals surface area contributed by atoms with Crippen LogP contribution in [0, 0.1) is 17.2 Å². The molecule has 0 bridgehead atoms. The maximum absolute atomic E-state index is 12.7. The molecule has 36 heavy (non-hydrogen) atoms. The fraction of sp³-hybridized carbons (Fsp3) is 0.407. The van der Waals surface area contributed by atoms with E-state index in [1.165, 1.54) is 0 Å². The van der Waals surface area contributed by atoms with Gasteiger partial charge < -0.3 is 24.1 Å². The second kappa shape index (κ2) is 10.4. The van der Waals surface area contributed by atoms with Crippen LogP contribution in [0.15, 0.2) is 52.4 Å². The summed E-state index contributed by atoms with van der Waals surface area (Å²) in [5.74, 6) is 0.259. The van der Waals surface area contributed by atoms with Gasteiger partial charge in [0.15, 0.2) is 0 Å². The van der Waals surface area contributed by atoms with Crippen molar-refractivity contribution in [2.24, 2.45) is 18.1 Å². The minimum Gasteiger partial charge on any atom is -0.507 e. The van der Waals surface area contributed by atoms with Crippen LogP contribution in [-0.2, 0) is 16.6 Å². The van der Waals surface area contributed by atoms with Gasteiger partial charge in [0.1, 0.15) is 29.1 Å². The number of fused-ring (bicyclic) bond motifs is 1. The summed E-state index contributed by atoms with van der Waals surface area (Å²) in [4.78, 5) is 25.2. The molecule has 0 unspecified atom stereocenters. The number of hydrogen-bond acceptors (Lipinski definition) is 8. The third-order valence-electron chi connectivity index (χ3n) is 7.05. The highest BCUT2D eigenvalue weighted by Crippen LogP contribution is 2.32. The summed E-state index contributed by atoms with van der Waals surface area (Å²) in [6.45, 7) is 2.68. The van der Waals surface area contributed by atoms with Gasteiger partial charge in [-0.15, -0.1) is 0 Å². The van der Waals surface area contributed by atoms with Crippen molar-refractivity contribution in [2.75, 3.05) is 31.2 Å². The van der Waals surface area contributed by atoms with E-state index in [1.54, 1.807) is 41.9 Å². The molecule has 4 heterocycles. The third-order valence-corrected chi connectivity index (χ3v) is 7.05. The first-order valence-electron chi connectivity index (χ1n) is 12.3. The van der Waals surface area contributed by atoms with E-state index in [0.29, 0.717) is 48.6 Å². The number of ether oxygens (including phenoxy) is 1. The zero-order valence-electron chi connectivity index (χ0n) is 20.3. The minimum atomic E-state index is -0.118. The van der Waals surface area contributed by atoms with Gasteiger partial charge in [0.2, 0.25) is 0 Å². The molecule has 3 aromatic rings. The van der Waals surface area contributed by atoms with Crippen LogP contribution in [0.2, 0.25) is 0 Å². The van der Waals surface area contributed by atoms with Gasteiger partial charge in [-0.3, -0.25) is 4.79 Å². The molecule has 9 heteroatoms. The number of phenols is 1. The topological polar surface area (TPSA) is 113 Å². The number of phenolic OH excluding ortho intramolecular Hbond substituents is 1. The number of aromatic hydroxyl groups is 1. The lowest BCUT2D eigenvalue weighted by atomic mass is 9.87. The number of piperidine rings is 1. The van der Waals surface area contributed by atoms with E-state index >= 15 is 0 Å². The Morgan fingerprint density at radius 1 is 1.17 bits per heavy atom. The van der Waals surface area contributed by atoms with Crippen LogP contribution < -0.4 is 10.5 Å². The SMILES string of the molecule is Cn1c(=O)cc(N2CCC(/C(=N/OC3CCOCC3)c3ccccc3O)CC2)c2nc(C#N)ccc21. The van der Waals surface area contributed by atoms with E-state index in [4.69, 9.17) is 9.57 Å². The smallest absolute Gasteiger partial charge is 0.252 e. The van der Waals surface area contributed by atoms with Crippen LogP contribution in [-0.4, -0.2) is 52.8 Å². The zero-order chi connectivity index (χ0) is 25.1. The number of oxime groups is 1. The maximum Gasteiger partial charge on any atom is 0.252 e. The fourth-order valence-electron chi connectivity index (χ4n) is 4.96. The van der Waals surface area contributed by atoms with Gasteiger partial charge in [0.25, 0.3) is 5.56 Å². The molecule has 2 fully saturated rings. The molecular weight excluding hydrogens is 458 g/mol. The molecule has 5 rings (SSSR count). The van der Waals surface area contributed by atoms with Crippen LogP contribution in [0.1, 0.15) is 36.9 Å². The number of hydrogen-bond donors (Lipinski definition) is 1. The number of pyridine rings is 2. The first kappa shape index (κ1) is 23.8. The summed E-state index contributed by atoms with van der Waals surface area (Å²) in [7, 11) is 1.71. The molecule has 0 atom stereocenters. The molecule has 2 aliphatic rings. The van der Waals surface area contributed by atoms with Crippen molar-refractivity contribution in [3.05, 3.63) is 64.1 Å². The standard InChI is InChI=1S/C27H29N5O4/c1-31-22-7-6-19(17-28)29-27(22)23(16-25(31)34)32-12-8-18(9-13-32)26(21-4-2-3-5-24(21)33)30-36-20-10-14-35-15-11-20/h2-7,16,18,20,33H,8-15H2,1H3/b30-26-. The highest BCUT2D eigenvalue weighted by Gasteiger charge is 2.28. The highest BCUT2D eigenvalue weighted by molar-refractivity contribution is 6.04. The van der Waals surface area contributed by atoms with Crippen molar-refractivity contribution in [1.82, 2.24) is 9.55 Å². The van der Waals surface area contributed by atoms with Gasteiger partial charge in [-0.1, -0.05) is 17.3 Å². The van der Waals surface area contributed by atoms with Crippen LogP contribution in [0.3, 0.4) is 0 Å². The van der Waals surface area contributed by atoms with Crippen LogP contribution in [0.4, 0.5) is 5.69 Å². The highest BCUT2D eigenvalue weighted by atomic mass is 16.6. The molecule has 1 aromatic carbocycles. The molecule has 0 spiro atoms. The Hall–Kier alpha value is -3.90. The minimum absolute atomic E-state index is 0.00648. The van der Waals surface area contributed by atoms with Crippen molar-refractivity contribution >= 4 is 22.4 Å². The number of benzene rings is 1. The van der Waals surface area contributed by atoms with Crippen molar-refractivity contribution < 1.29 is 14.7 Å². The van der Waals surface area contributed by atoms with E-state index in [1.807, 2.05) is 12.1 Å². The number of aryl methyl sites for hydroxylation is 1. The Balaban J connectivity index is 1.41. The molecule has 2 aromatic heterocycles. The number of rotatable bonds is 5. The van der Waals surface area contributed by atoms with Crippen molar-refractivity contribution in [3.63, 3.8) is 0 Å². The molecule has 9 nitrogen and oxygen atoms in total. The summed E-state index contributed by atoms with van der Waals surface area (Å²) >= 11 is 0. The zero-order valence-corrected chi connectivity index (χ0v) is 20.3. The van der Waals surface area contributed by atoms with Crippen LogP contribution in [0.25, 0.3) is 11.0 Å².